The zero-order valence-corrected chi connectivity index (χ0v) is 17.0. The Kier molecular flexibility index (Phi) is 5.50. The second kappa shape index (κ2) is 8.22. The molecule has 1 aliphatic rings. The van der Waals surface area contributed by atoms with E-state index in [0.29, 0.717) is 29.2 Å². The van der Waals surface area contributed by atoms with Gasteiger partial charge in [-0.2, -0.15) is 0 Å². The Morgan fingerprint density at radius 2 is 2.00 bits per heavy atom. The van der Waals surface area contributed by atoms with Crippen LogP contribution in [0.4, 0.5) is 11.4 Å². The van der Waals surface area contributed by atoms with Crippen molar-refractivity contribution in [2.45, 2.75) is 13.6 Å². The van der Waals surface area contributed by atoms with Crippen LogP contribution in [0.25, 0.3) is 11.1 Å². The SMILES string of the molecule is CCOc1ccccc1N1CC[NH+](Cn2c(=S)oc3ccc([N+](=O)[O-])cc32)CC1. The van der Waals surface area contributed by atoms with Crippen LogP contribution in [0.5, 0.6) is 5.75 Å². The summed E-state index contributed by atoms with van der Waals surface area (Å²) in [4.78, 5) is 14.7. The summed E-state index contributed by atoms with van der Waals surface area (Å²) in [5, 5.41) is 11.1. The number of hydrogen-bond acceptors (Lipinski definition) is 6. The number of fused-ring (bicyclic) bond motifs is 1. The summed E-state index contributed by atoms with van der Waals surface area (Å²) in [5.41, 5.74) is 2.40. The lowest BCUT2D eigenvalue weighted by atomic mass is 10.2. The van der Waals surface area contributed by atoms with Crippen LogP contribution < -0.4 is 14.5 Å². The van der Waals surface area contributed by atoms with Gasteiger partial charge in [-0.15, -0.1) is 0 Å². The number of nitrogens with zero attached hydrogens (tertiary/aromatic N) is 3. The topological polar surface area (TPSA) is 78.1 Å². The second-order valence-corrected chi connectivity index (χ2v) is 7.35. The van der Waals surface area contributed by atoms with Crippen LogP contribution in [0.1, 0.15) is 6.92 Å². The van der Waals surface area contributed by atoms with Crippen molar-refractivity contribution in [1.82, 2.24) is 4.57 Å². The van der Waals surface area contributed by atoms with E-state index in [-0.39, 0.29) is 5.69 Å². The first kappa shape index (κ1) is 19.4. The molecule has 1 saturated heterocycles. The fourth-order valence-electron chi connectivity index (χ4n) is 3.76. The maximum Gasteiger partial charge on any atom is 0.274 e. The van der Waals surface area contributed by atoms with Gasteiger partial charge in [-0.25, -0.2) is 0 Å². The molecule has 3 aromatic rings. The molecule has 0 atom stereocenters. The Balaban J connectivity index is 1.49. The monoisotopic (exact) mass is 415 g/mol. The molecule has 8 nitrogen and oxygen atoms in total. The van der Waals surface area contributed by atoms with Crippen molar-refractivity contribution < 1.29 is 19.0 Å². The smallest absolute Gasteiger partial charge is 0.274 e. The number of quaternary nitrogens is 1. The van der Waals surface area contributed by atoms with Gasteiger partial charge >= 0.3 is 0 Å². The molecule has 0 amide bonds. The summed E-state index contributed by atoms with van der Waals surface area (Å²) < 4.78 is 13.2. The number of non-ortho nitro benzene ring substituents is 1. The molecule has 1 fully saturated rings. The largest absolute Gasteiger partial charge is 0.492 e. The number of nitrogens with one attached hydrogen (secondary N) is 1. The number of anilines is 1. The number of nitro groups is 1. The summed E-state index contributed by atoms with van der Waals surface area (Å²) in [6.45, 7) is 6.87. The quantitative estimate of drug-likeness (QED) is 0.379. The molecule has 0 bridgehead atoms. The molecule has 0 spiro atoms. The number of nitro benzene ring substituents is 1. The summed E-state index contributed by atoms with van der Waals surface area (Å²) in [5.74, 6) is 0.911. The number of rotatable bonds is 6. The molecular formula is C20H23N4O4S+. The molecule has 0 saturated carbocycles. The Morgan fingerprint density at radius 1 is 1.24 bits per heavy atom. The summed E-state index contributed by atoms with van der Waals surface area (Å²) >= 11 is 5.36. The minimum Gasteiger partial charge on any atom is -0.492 e. The van der Waals surface area contributed by atoms with Gasteiger partial charge in [0.2, 0.25) is 0 Å². The zero-order chi connectivity index (χ0) is 20.4. The Labute approximate surface area is 173 Å². The molecule has 9 heteroatoms. The van der Waals surface area contributed by atoms with Gasteiger partial charge in [0.05, 0.1) is 48.9 Å². The highest BCUT2D eigenvalue weighted by Crippen LogP contribution is 2.28. The molecule has 2 heterocycles. The predicted octanol–water partition coefficient (Wildman–Crippen LogP) is 2.63. The average molecular weight is 415 g/mol. The van der Waals surface area contributed by atoms with Gasteiger partial charge in [0.25, 0.3) is 10.5 Å². The standard InChI is InChI=1S/C20H22N4O4S/c1-2-27-18-6-4-3-5-16(18)22-11-9-21(10-12-22)14-23-17-13-15(24(25)26)7-8-19(17)28-20(23)29/h3-8,13H,2,9-12,14H2,1H3/p+1. The van der Waals surface area contributed by atoms with Crippen molar-refractivity contribution in [3.05, 3.63) is 57.4 Å². The lowest BCUT2D eigenvalue weighted by Gasteiger charge is -2.34. The van der Waals surface area contributed by atoms with Crippen LogP contribution in [-0.2, 0) is 6.67 Å². The summed E-state index contributed by atoms with van der Waals surface area (Å²) in [7, 11) is 0. The van der Waals surface area contributed by atoms with E-state index in [0.717, 1.165) is 37.6 Å². The van der Waals surface area contributed by atoms with E-state index >= 15 is 0 Å². The van der Waals surface area contributed by atoms with E-state index in [9.17, 15) is 10.1 Å². The van der Waals surface area contributed by atoms with Crippen molar-refractivity contribution in [2.75, 3.05) is 37.7 Å². The fraction of sp³-hybridized carbons (Fsp3) is 0.350. The number of ether oxygens (including phenoxy) is 1. The second-order valence-electron chi connectivity index (χ2n) is 7.00. The van der Waals surface area contributed by atoms with E-state index in [1.807, 2.05) is 29.7 Å². The van der Waals surface area contributed by atoms with Gasteiger partial charge in [-0.05, 0) is 37.3 Å². The van der Waals surface area contributed by atoms with Crippen molar-refractivity contribution >= 4 is 34.7 Å². The Hall–Kier alpha value is -2.91. The van der Waals surface area contributed by atoms with Crippen molar-refractivity contribution in [2.24, 2.45) is 0 Å². The van der Waals surface area contributed by atoms with Crippen LogP contribution in [0, 0.1) is 15.0 Å². The van der Waals surface area contributed by atoms with E-state index in [1.165, 1.54) is 17.0 Å². The van der Waals surface area contributed by atoms with Crippen LogP contribution in [-0.4, -0.2) is 42.3 Å². The summed E-state index contributed by atoms with van der Waals surface area (Å²) in [6.07, 6.45) is 0. The molecule has 2 aromatic carbocycles. The molecule has 1 N–H and O–H groups in total. The third-order valence-electron chi connectivity index (χ3n) is 5.22. The molecule has 1 aliphatic heterocycles. The van der Waals surface area contributed by atoms with E-state index in [4.69, 9.17) is 21.4 Å². The number of benzene rings is 2. The number of oxazole rings is 1. The lowest BCUT2D eigenvalue weighted by Crippen LogP contribution is -3.14. The lowest BCUT2D eigenvalue weighted by molar-refractivity contribution is -0.923. The van der Waals surface area contributed by atoms with Crippen LogP contribution in [0.15, 0.2) is 46.9 Å². The van der Waals surface area contributed by atoms with E-state index in [1.54, 1.807) is 6.07 Å². The first-order valence-electron chi connectivity index (χ1n) is 9.65. The number of piperazine rings is 1. The Morgan fingerprint density at radius 3 is 2.72 bits per heavy atom. The van der Waals surface area contributed by atoms with Gasteiger partial charge in [0.1, 0.15) is 5.75 Å². The molecule has 0 aliphatic carbocycles. The molecule has 0 unspecified atom stereocenters. The third-order valence-corrected chi connectivity index (χ3v) is 5.52. The maximum absolute atomic E-state index is 11.1. The highest BCUT2D eigenvalue weighted by molar-refractivity contribution is 7.71. The molecule has 4 rings (SSSR count). The predicted molar refractivity (Wildman–Crippen MR) is 112 cm³/mol. The first-order chi connectivity index (χ1) is 14.1. The van der Waals surface area contributed by atoms with Gasteiger partial charge < -0.3 is 19.0 Å². The van der Waals surface area contributed by atoms with Gasteiger partial charge in [-0.1, -0.05) is 12.1 Å². The Bertz CT molecular complexity index is 1090. The van der Waals surface area contributed by atoms with Gasteiger partial charge in [0.15, 0.2) is 12.3 Å². The number of hydrogen-bond donors (Lipinski definition) is 1. The van der Waals surface area contributed by atoms with Gasteiger partial charge in [0, 0.05) is 12.1 Å². The van der Waals surface area contributed by atoms with E-state index < -0.39 is 4.92 Å². The number of aromatic nitrogens is 1. The zero-order valence-electron chi connectivity index (χ0n) is 16.2. The molecule has 29 heavy (non-hydrogen) atoms. The maximum atomic E-state index is 11.1. The summed E-state index contributed by atoms with van der Waals surface area (Å²) in [6, 6.07) is 12.7. The van der Waals surface area contributed by atoms with Crippen molar-refractivity contribution in [3.63, 3.8) is 0 Å². The molecule has 1 aromatic heterocycles. The fourth-order valence-corrected chi connectivity index (χ4v) is 4.01. The van der Waals surface area contributed by atoms with Crippen LogP contribution >= 0.6 is 12.2 Å². The third kappa shape index (κ3) is 3.96. The number of para-hydroxylation sites is 2. The van der Waals surface area contributed by atoms with Crippen LogP contribution in [0.3, 0.4) is 0 Å². The van der Waals surface area contributed by atoms with Crippen LogP contribution in [0.2, 0.25) is 0 Å². The van der Waals surface area contributed by atoms with Gasteiger partial charge in [-0.3, -0.25) is 14.7 Å². The highest BCUT2D eigenvalue weighted by Gasteiger charge is 2.24. The highest BCUT2D eigenvalue weighted by atomic mass is 32.1. The first-order valence-corrected chi connectivity index (χ1v) is 10.1. The average Bonchev–Trinajstić information content (AvgIpc) is 3.04. The van der Waals surface area contributed by atoms with Crippen molar-refractivity contribution in [1.29, 1.82) is 0 Å². The minimum atomic E-state index is -0.402. The van der Waals surface area contributed by atoms with E-state index in [2.05, 4.69) is 11.0 Å². The molecule has 0 radical (unpaired) electrons. The van der Waals surface area contributed by atoms with Crippen molar-refractivity contribution in [3.8, 4) is 5.75 Å². The molecule has 152 valence electrons. The molecular weight excluding hydrogens is 392 g/mol. The minimum absolute atomic E-state index is 0.0365. The normalized spacial score (nSPS) is 15.0.